The molecule has 1 atom stereocenters. The first-order chi connectivity index (χ1) is 14.9. The van der Waals surface area contributed by atoms with Crippen molar-refractivity contribution in [2.24, 2.45) is 0 Å². The summed E-state index contributed by atoms with van der Waals surface area (Å²) in [5.41, 5.74) is 1.16. The largest absolute Gasteiger partial charge is 0.480 e. The third-order valence-electron chi connectivity index (χ3n) is 5.44. The van der Waals surface area contributed by atoms with Crippen LogP contribution in [0.5, 0.6) is 0 Å². The van der Waals surface area contributed by atoms with Gasteiger partial charge in [0.05, 0.1) is 5.52 Å². The van der Waals surface area contributed by atoms with Crippen molar-refractivity contribution >= 4 is 40.4 Å². The second kappa shape index (κ2) is 8.91. The van der Waals surface area contributed by atoms with Crippen molar-refractivity contribution in [3.05, 3.63) is 53.4 Å². The van der Waals surface area contributed by atoms with Gasteiger partial charge in [-0.25, -0.2) is 9.97 Å². The number of carbonyl (C=O) groups is 2. The molecule has 1 fully saturated rings. The van der Waals surface area contributed by atoms with Gasteiger partial charge in [0.15, 0.2) is 0 Å². The Labute approximate surface area is 183 Å². The summed E-state index contributed by atoms with van der Waals surface area (Å²) >= 11 is 6.12. The number of benzene rings is 1. The number of rotatable bonds is 6. The van der Waals surface area contributed by atoms with Gasteiger partial charge in [0.1, 0.15) is 12.6 Å². The average Bonchev–Trinajstić information content (AvgIpc) is 2.91. The molecule has 4 rings (SSSR count). The number of hydrogen-bond donors (Lipinski definition) is 2. The van der Waals surface area contributed by atoms with E-state index in [9.17, 15) is 19.8 Å². The van der Waals surface area contributed by atoms with Crippen molar-refractivity contribution < 1.29 is 19.8 Å². The predicted octanol–water partition coefficient (Wildman–Crippen LogP) is 2.51. The molecule has 31 heavy (non-hydrogen) atoms. The van der Waals surface area contributed by atoms with Crippen LogP contribution in [0.15, 0.2) is 42.9 Å². The number of fused-ring (bicyclic) bond motifs is 1. The number of anilines is 1. The Hall–Kier alpha value is -3.17. The number of halogens is 1. The fraction of sp³-hybridized carbons (Fsp3) is 0.333. The van der Waals surface area contributed by atoms with Crippen molar-refractivity contribution in [2.45, 2.75) is 19.0 Å². The number of carboxylic acids is 2. The van der Waals surface area contributed by atoms with Crippen LogP contribution in [0.1, 0.15) is 18.0 Å². The quantitative estimate of drug-likeness (QED) is 0.597. The number of aromatic nitrogens is 3. The molecule has 0 unspecified atom stereocenters. The van der Waals surface area contributed by atoms with Crippen LogP contribution in [0.25, 0.3) is 10.9 Å². The number of nitrogens with zero attached hydrogens (tertiary/aromatic N) is 5. The van der Waals surface area contributed by atoms with Gasteiger partial charge in [-0.1, -0.05) is 17.7 Å². The highest BCUT2D eigenvalue weighted by Gasteiger charge is 2.32. The van der Waals surface area contributed by atoms with Gasteiger partial charge < -0.3 is 19.7 Å². The molecule has 0 bridgehead atoms. The van der Waals surface area contributed by atoms with Gasteiger partial charge in [0.25, 0.3) is 0 Å². The molecule has 1 aromatic carbocycles. The van der Waals surface area contributed by atoms with Crippen LogP contribution in [-0.2, 0) is 16.1 Å². The van der Waals surface area contributed by atoms with Crippen LogP contribution in [0.3, 0.4) is 0 Å². The lowest BCUT2D eigenvalue weighted by Gasteiger charge is -2.27. The highest BCUT2D eigenvalue weighted by Crippen LogP contribution is 2.33. The normalized spacial score (nSPS) is 16.2. The van der Waals surface area contributed by atoms with Crippen molar-refractivity contribution in [1.29, 1.82) is 0 Å². The smallest absolute Gasteiger partial charge is 0.325 e. The summed E-state index contributed by atoms with van der Waals surface area (Å²) in [7, 11) is 0. The SMILES string of the molecule is O=C(O)Cn1cc([C@@H](C(=O)O)N2CCCN(c3ncccn3)CC2)c2ccc(Cl)cc21. The van der Waals surface area contributed by atoms with Crippen LogP contribution >= 0.6 is 11.6 Å². The lowest BCUT2D eigenvalue weighted by molar-refractivity contribution is -0.143. The third kappa shape index (κ3) is 4.47. The minimum atomic E-state index is -1.01. The van der Waals surface area contributed by atoms with Crippen LogP contribution in [0.4, 0.5) is 5.95 Å². The molecule has 0 saturated carbocycles. The van der Waals surface area contributed by atoms with Gasteiger partial charge in [-0.05, 0) is 24.6 Å². The molecular formula is C21H22ClN5O4. The summed E-state index contributed by atoms with van der Waals surface area (Å²) in [5, 5.41) is 20.6. The van der Waals surface area contributed by atoms with E-state index in [-0.39, 0.29) is 6.54 Å². The lowest BCUT2D eigenvalue weighted by Crippen LogP contribution is -2.37. The van der Waals surface area contributed by atoms with Gasteiger partial charge in [0, 0.05) is 60.7 Å². The van der Waals surface area contributed by atoms with E-state index in [1.165, 1.54) is 4.57 Å². The Bertz CT molecular complexity index is 1100. The first-order valence-electron chi connectivity index (χ1n) is 9.93. The summed E-state index contributed by atoms with van der Waals surface area (Å²) in [6.45, 7) is 2.13. The Morgan fingerprint density at radius 3 is 2.58 bits per heavy atom. The van der Waals surface area contributed by atoms with Crippen molar-refractivity contribution in [3.8, 4) is 0 Å². The minimum Gasteiger partial charge on any atom is -0.480 e. The van der Waals surface area contributed by atoms with Crippen molar-refractivity contribution in [2.75, 3.05) is 31.1 Å². The van der Waals surface area contributed by atoms with Crippen LogP contribution < -0.4 is 4.90 Å². The first-order valence-corrected chi connectivity index (χ1v) is 10.3. The molecule has 3 heterocycles. The first kappa shape index (κ1) is 21.1. The molecule has 9 nitrogen and oxygen atoms in total. The monoisotopic (exact) mass is 443 g/mol. The van der Waals surface area contributed by atoms with E-state index in [2.05, 4.69) is 9.97 Å². The fourth-order valence-corrected chi connectivity index (χ4v) is 4.29. The molecular weight excluding hydrogens is 422 g/mol. The van der Waals surface area contributed by atoms with E-state index < -0.39 is 18.0 Å². The third-order valence-corrected chi connectivity index (χ3v) is 5.67. The van der Waals surface area contributed by atoms with Gasteiger partial charge in [-0.15, -0.1) is 0 Å². The highest BCUT2D eigenvalue weighted by molar-refractivity contribution is 6.31. The second-order valence-electron chi connectivity index (χ2n) is 7.43. The molecule has 1 aliphatic heterocycles. The molecule has 0 aliphatic carbocycles. The number of aliphatic carboxylic acids is 2. The van der Waals surface area contributed by atoms with Gasteiger partial charge >= 0.3 is 11.9 Å². The Kier molecular flexibility index (Phi) is 6.06. The van der Waals surface area contributed by atoms with Gasteiger partial charge in [-0.2, -0.15) is 0 Å². The standard InChI is InChI=1S/C21H22ClN5O4/c22-14-3-4-15-16(12-27(13-18(28)29)17(15)11-14)19(20(30)31)25-7-2-8-26(10-9-25)21-23-5-1-6-24-21/h1,3-6,11-12,19H,2,7-10,13H2,(H,28,29)(H,30,31)/t19-/m0/s1. The fourth-order valence-electron chi connectivity index (χ4n) is 4.12. The Morgan fingerprint density at radius 2 is 1.87 bits per heavy atom. The molecule has 1 aliphatic rings. The van der Waals surface area contributed by atoms with E-state index in [4.69, 9.17) is 11.6 Å². The summed E-state index contributed by atoms with van der Waals surface area (Å²) in [5.74, 6) is -1.36. The van der Waals surface area contributed by atoms with E-state index in [1.807, 2.05) is 9.80 Å². The summed E-state index contributed by atoms with van der Waals surface area (Å²) in [6.07, 6.45) is 5.75. The molecule has 0 amide bonds. The topological polar surface area (TPSA) is 112 Å². The second-order valence-corrected chi connectivity index (χ2v) is 7.87. The predicted molar refractivity (Wildman–Crippen MR) is 115 cm³/mol. The van der Waals surface area contributed by atoms with Gasteiger partial charge in [-0.3, -0.25) is 14.5 Å². The van der Waals surface area contributed by atoms with Crippen molar-refractivity contribution in [3.63, 3.8) is 0 Å². The van der Waals surface area contributed by atoms with E-state index in [0.717, 1.165) is 13.0 Å². The van der Waals surface area contributed by atoms with Crippen LogP contribution in [0.2, 0.25) is 5.02 Å². The Balaban J connectivity index is 1.67. The molecule has 0 spiro atoms. The lowest BCUT2D eigenvalue weighted by atomic mass is 10.0. The minimum absolute atomic E-state index is 0.275. The number of carboxylic acid groups (broad SMARTS) is 2. The molecule has 3 aromatic rings. The maximum Gasteiger partial charge on any atom is 0.325 e. The average molecular weight is 444 g/mol. The number of hydrogen-bond acceptors (Lipinski definition) is 6. The summed E-state index contributed by atoms with van der Waals surface area (Å²) in [4.78, 5) is 36.3. The van der Waals surface area contributed by atoms with Crippen LogP contribution in [-0.4, -0.2) is 67.8 Å². The van der Waals surface area contributed by atoms with E-state index in [0.29, 0.717) is 47.1 Å². The summed E-state index contributed by atoms with van der Waals surface area (Å²) < 4.78 is 1.54. The zero-order valence-corrected chi connectivity index (χ0v) is 17.4. The highest BCUT2D eigenvalue weighted by atomic mass is 35.5. The zero-order valence-electron chi connectivity index (χ0n) is 16.7. The molecule has 10 heteroatoms. The molecule has 162 valence electrons. The molecule has 1 saturated heterocycles. The summed E-state index contributed by atoms with van der Waals surface area (Å²) in [6, 6.07) is 5.96. The van der Waals surface area contributed by atoms with Crippen LogP contribution in [0, 0.1) is 0 Å². The molecule has 0 radical (unpaired) electrons. The van der Waals surface area contributed by atoms with Gasteiger partial charge in [0.2, 0.25) is 5.95 Å². The Morgan fingerprint density at radius 1 is 1.10 bits per heavy atom. The molecule has 2 aromatic heterocycles. The van der Waals surface area contributed by atoms with E-state index in [1.54, 1.807) is 42.9 Å². The maximum absolute atomic E-state index is 12.4. The zero-order chi connectivity index (χ0) is 22.0. The van der Waals surface area contributed by atoms with Crippen molar-refractivity contribution in [1.82, 2.24) is 19.4 Å². The molecule has 2 N–H and O–H groups in total. The van der Waals surface area contributed by atoms with E-state index >= 15 is 0 Å². The maximum atomic E-state index is 12.4.